The Morgan fingerprint density at radius 2 is 1.23 bits per heavy atom. The van der Waals surface area contributed by atoms with Crippen molar-refractivity contribution in [1.82, 2.24) is 19.5 Å². The molecule has 0 bridgehead atoms. The molecule has 1 atom stereocenters. The van der Waals surface area contributed by atoms with E-state index >= 15 is 0 Å². The second kappa shape index (κ2) is 9.89. The molecule has 0 fully saturated rings. The highest BCUT2D eigenvalue weighted by molar-refractivity contribution is 6.11. The van der Waals surface area contributed by atoms with Crippen molar-refractivity contribution in [3.8, 4) is 28.5 Å². The third-order valence-corrected chi connectivity index (χ3v) is 8.73. The van der Waals surface area contributed by atoms with Gasteiger partial charge >= 0.3 is 0 Å². The van der Waals surface area contributed by atoms with Gasteiger partial charge in [-0.25, -0.2) is 4.98 Å². The van der Waals surface area contributed by atoms with Gasteiger partial charge in [0.2, 0.25) is 5.95 Å². The Bertz CT molecular complexity index is 2190. The predicted octanol–water partition coefficient (Wildman–Crippen LogP) is 9.38. The quantitative estimate of drug-likeness (QED) is 0.213. The molecule has 1 unspecified atom stereocenters. The number of nitrogens with zero attached hydrogens (tertiary/aromatic N) is 5. The zero-order valence-electron chi connectivity index (χ0n) is 23.9. The van der Waals surface area contributed by atoms with Crippen molar-refractivity contribution in [3.05, 3.63) is 157 Å². The number of aromatic nitrogens is 4. The lowest BCUT2D eigenvalue weighted by Crippen LogP contribution is -2.18. The van der Waals surface area contributed by atoms with E-state index in [0.29, 0.717) is 17.6 Å². The van der Waals surface area contributed by atoms with Gasteiger partial charge in [-0.1, -0.05) is 109 Å². The summed E-state index contributed by atoms with van der Waals surface area (Å²) in [4.78, 5) is 17.5. The minimum atomic E-state index is 0.218. The maximum atomic E-state index is 5.14. The minimum absolute atomic E-state index is 0.218. The lowest BCUT2D eigenvalue weighted by molar-refractivity contribution is 0.813. The van der Waals surface area contributed by atoms with Crippen molar-refractivity contribution < 1.29 is 0 Å². The molecule has 3 heterocycles. The van der Waals surface area contributed by atoms with Gasteiger partial charge in [-0.15, -0.1) is 0 Å². The van der Waals surface area contributed by atoms with Crippen LogP contribution < -0.4 is 4.90 Å². The van der Waals surface area contributed by atoms with Crippen LogP contribution >= 0.6 is 0 Å². The maximum absolute atomic E-state index is 5.14. The third kappa shape index (κ3) is 3.83. The van der Waals surface area contributed by atoms with Crippen molar-refractivity contribution in [2.75, 3.05) is 4.90 Å². The molecule has 2 aliphatic rings. The van der Waals surface area contributed by atoms with Crippen molar-refractivity contribution in [2.45, 2.75) is 12.3 Å². The number of allylic oxidation sites excluding steroid dienone is 4. The lowest BCUT2D eigenvalue weighted by atomic mass is 9.91. The molecule has 2 aromatic heterocycles. The van der Waals surface area contributed by atoms with Gasteiger partial charge in [-0.3, -0.25) is 4.90 Å². The molecule has 5 aromatic carbocycles. The maximum Gasteiger partial charge on any atom is 0.238 e. The number of benzene rings is 5. The summed E-state index contributed by atoms with van der Waals surface area (Å²) in [6, 6.07) is 44.4. The summed E-state index contributed by atoms with van der Waals surface area (Å²) in [7, 11) is 0. The van der Waals surface area contributed by atoms with Gasteiger partial charge in [0.15, 0.2) is 11.6 Å². The fourth-order valence-electron chi connectivity index (χ4n) is 6.74. The Hall–Kier alpha value is -5.81. The van der Waals surface area contributed by atoms with Crippen LogP contribution in [-0.4, -0.2) is 19.5 Å². The predicted molar refractivity (Wildman–Crippen MR) is 178 cm³/mol. The highest BCUT2D eigenvalue weighted by atomic mass is 15.3. The number of hydrogen-bond acceptors (Lipinski definition) is 4. The van der Waals surface area contributed by atoms with Crippen LogP contribution in [-0.2, 0) is 0 Å². The molecule has 7 aromatic rings. The molecular formula is C39H27N5. The molecule has 0 radical (unpaired) electrons. The molecule has 9 rings (SSSR count). The molecule has 0 N–H and O–H groups in total. The number of fused-ring (bicyclic) bond motifs is 6. The Kier molecular flexibility index (Phi) is 5.56. The van der Waals surface area contributed by atoms with E-state index in [4.69, 9.17) is 15.0 Å². The summed E-state index contributed by atoms with van der Waals surface area (Å²) in [5, 5.41) is 2.51. The van der Waals surface area contributed by atoms with Gasteiger partial charge in [-0.2, -0.15) is 9.97 Å². The molecule has 0 saturated carbocycles. The zero-order chi connectivity index (χ0) is 29.0. The highest BCUT2D eigenvalue weighted by Gasteiger charge is 2.37. The molecule has 44 heavy (non-hydrogen) atoms. The van der Waals surface area contributed by atoms with E-state index in [2.05, 4.69) is 119 Å². The van der Waals surface area contributed by atoms with Crippen LogP contribution in [0.4, 0.5) is 11.6 Å². The Balaban J connectivity index is 1.33. The topological polar surface area (TPSA) is 46.8 Å². The van der Waals surface area contributed by atoms with Crippen LogP contribution in [0, 0.1) is 0 Å². The van der Waals surface area contributed by atoms with Gasteiger partial charge in [0, 0.05) is 39.2 Å². The van der Waals surface area contributed by atoms with E-state index in [1.54, 1.807) is 0 Å². The molecule has 0 amide bonds. The van der Waals surface area contributed by atoms with Crippen LogP contribution in [0.3, 0.4) is 0 Å². The SMILES string of the molecule is C1=CCC2C(=C1)N(c1nc(-c3ccccc3)nc(-c3ccccc3)n1)c1cc3c(cc12)c1ccccc1n3-c1ccccc1. The summed E-state index contributed by atoms with van der Waals surface area (Å²) in [5.41, 5.74) is 9.01. The van der Waals surface area contributed by atoms with Crippen LogP contribution in [0.1, 0.15) is 17.9 Å². The molecule has 1 aliphatic heterocycles. The fourth-order valence-corrected chi connectivity index (χ4v) is 6.74. The lowest BCUT2D eigenvalue weighted by Gasteiger charge is -2.23. The standard InChI is InChI=1S/C39H27N5/c1-4-14-26(15-5-1)37-40-38(27-16-6-2-7-17-27)42-39(41-37)44-34-23-13-11-21-30(34)32-24-31-29-20-10-12-22-33(29)43(35(31)25-36(32)44)28-18-8-3-9-19-28/h1-20,22-25,30H,21H2. The summed E-state index contributed by atoms with van der Waals surface area (Å²) < 4.78 is 2.37. The van der Waals surface area contributed by atoms with Gasteiger partial charge in [0.25, 0.3) is 0 Å². The Morgan fingerprint density at radius 1 is 0.591 bits per heavy atom. The van der Waals surface area contributed by atoms with Crippen LogP contribution in [0.5, 0.6) is 0 Å². The number of anilines is 2. The fraction of sp³-hybridized carbons (Fsp3) is 0.0513. The second-order valence-corrected chi connectivity index (χ2v) is 11.3. The van der Waals surface area contributed by atoms with Gasteiger partial charge in [0.1, 0.15) is 0 Å². The first kappa shape index (κ1) is 24.8. The molecule has 208 valence electrons. The van der Waals surface area contributed by atoms with Gasteiger partial charge in [-0.05, 0) is 48.4 Å². The summed E-state index contributed by atoms with van der Waals surface area (Å²) in [6.45, 7) is 0. The van der Waals surface area contributed by atoms with Crippen molar-refractivity contribution in [3.63, 3.8) is 0 Å². The van der Waals surface area contributed by atoms with Crippen molar-refractivity contribution >= 4 is 33.4 Å². The van der Waals surface area contributed by atoms with Crippen LogP contribution in [0.2, 0.25) is 0 Å². The van der Waals surface area contributed by atoms with Crippen LogP contribution in [0.15, 0.2) is 151 Å². The molecule has 0 saturated heterocycles. The molecule has 0 spiro atoms. The molecule has 5 nitrogen and oxygen atoms in total. The largest absolute Gasteiger partial charge is 0.309 e. The van der Waals surface area contributed by atoms with E-state index in [9.17, 15) is 0 Å². The smallest absolute Gasteiger partial charge is 0.238 e. The summed E-state index contributed by atoms with van der Waals surface area (Å²) >= 11 is 0. The third-order valence-electron chi connectivity index (χ3n) is 8.73. The van der Waals surface area contributed by atoms with Gasteiger partial charge in [0.05, 0.1) is 16.7 Å². The summed E-state index contributed by atoms with van der Waals surface area (Å²) in [6.07, 6.45) is 7.56. The minimum Gasteiger partial charge on any atom is -0.309 e. The number of hydrogen-bond donors (Lipinski definition) is 0. The number of rotatable bonds is 4. The second-order valence-electron chi connectivity index (χ2n) is 11.3. The normalized spacial score (nSPS) is 15.4. The zero-order valence-corrected chi connectivity index (χ0v) is 23.9. The molecular weight excluding hydrogens is 538 g/mol. The Morgan fingerprint density at radius 3 is 1.93 bits per heavy atom. The first-order valence-electron chi connectivity index (χ1n) is 15.0. The first-order chi connectivity index (χ1) is 21.8. The highest BCUT2D eigenvalue weighted by Crippen LogP contribution is 2.52. The van der Waals surface area contributed by atoms with E-state index < -0.39 is 0 Å². The average molecular weight is 566 g/mol. The van der Waals surface area contributed by atoms with Crippen molar-refractivity contribution in [1.29, 1.82) is 0 Å². The Labute approximate surface area is 255 Å². The van der Waals surface area contributed by atoms with E-state index in [-0.39, 0.29) is 5.92 Å². The monoisotopic (exact) mass is 565 g/mol. The molecule has 5 heteroatoms. The van der Waals surface area contributed by atoms with E-state index in [1.807, 2.05) is 36.4 Å². The summed E-state index contributed by atoms with van der Waals surface area (Å²) in [5.74, 6) is 2.16. The first-order valence-corrected chi connectivity index (χ1v) is 15.0. The number of para-hydroxylation sites is 2. The van der Waals surface area contributed by atoms with Gasteiger partial charge < -0.3 is 4.57 Å². The van der Waals surface area contributed by atoms with E-state index in [0.717, 1.165) is 34.4 Å². The van der Waals surface area contributed by atoms with E-state index in [1.165, 1.54) is 27.5 Å². The average Bonchev–Trinajstić information content (AvgIpc) is 3.60. The van der Waals surface area contributed by atoms with Crippen LogP contribution in [0.25, 0.3) is 50.3 Å². The molecule has 1 aliphatic carbocycles. The van der Waals surface area contributed by atoms with Crippen molar-refractivity contribution in [2.24, 2.45) is 0 Å².